The highest BCUT2D eigenvalue weighted by Crippen LogP contribution is 2.35. The van der Waals surface area contributed by atoms with Crippen LogP contribution >= 0.6 is 0 Å². The van der Waals surface area contributed by atoms with Crippen molar-refractivity contribution in [1.29, 1.82) is 0 Å². The molecule has 7 heteroatoms. The van der Waals surface area contributed by atoms with Crippen molar-refractivity contribution in [3.05, 3.63) is 102 Å². The van der Waals surface area contributed by atoms with Gasteiger partial charge >= 0.3 is 0 Å². The van der Waals surface area contributed by atoms with Crippen LogP contribution in [-0.2, 0) is 27.8 Å². The molecule has 1 saturated heterocycles. The first-order valence-electron chi connectivity index (χ1n) is 10.7. The zero-order chi connectivity index (χ0) is 22.4. The van der Waals surface area contributed by atoms with E-state index in [1.54, 1.807) is 48.8 Å². The Bertz CT molecular complexity index is 1180. The number of aryl methyl sites for hydroxylation is 1. The molecule has 0 saturated carbocycles. The van der Waals surface area contributed by atoms with Gasteiger partial charge in [0.15, 0.2) is 5.25 Å². The van der Waals surface area contributed by atoms with Gasteiger partial charge < -0.3 is 0 Å². The topological polar surface area (TPSA) is 79.7 Å². The molecular formula is C25H25N3O3S. The summed E-state index contributed by atoms with van der Waals surface area (Å²) in [6.45, 7) is 0.385. The molecule has 0 radical (unpaired) electrons. The molecule has 32 heavy (non-hydrogen) atoms. The van der Waals surface area contributed by atoms with Gasteiger partial charge in [-0.3, -0.25) is 14.8 Å². The maximum absolute atomic E-state index is 13.4. The monoisotopic (exact) mass is 447 g/mol. The number of benzene rings is 2. The lowest BCUT2D eigenvalue weighted by atomic mass is 10.1. The smallest absolute Gasteiger partial charge is 0.282 e. The van der Waals surface area contributed by atoms with Crippen molar-refractivity contribution < 1.29 is 13.2 Å². The van der Waals surface area contributed by atoms with Gasteiger partial charge in [0.05, 0.1) is 6.54 Å². The summed E-state index contributed by atoms with van der Waals surface area (Å²) < 4.78 is 27.7. The highest BCUT2D eigenvalue weighted by molar-refractivity contribution is 7.91. The fraction of sp³-hybridized carbons (Fsp3) is 0.240. The predicted molar refractivity (Wildman–Crippen MR) is 125 cm³/mol. The van der Waals surface area contributed by atoms with Gasteiger partial charge in [0.1, 0.15) is 5.71 Å². The van der Waals surface area contributed by atoms with Crippen LogP contribution < -0.4 is 0 Å². The van der Waals surface area contributed by atoms with Gasteiger partial charge in [-0.2, -0.15) is 0 Å². The van der Waals surface area contributed by atoms with Gasteiger partial charge in [-0.1, -0.05) is 60.7 Å². The van der Waals surface area contributed by atoms with Gasteiger partial charge in [-0.25, -0.2) is 12.7 Å². The maximum atomic E-state index is 13.4. The molecule has 0 spiro atoms. The largest absolute Gasteiger partial charge is 0.283 e. The van der Waals surface area contributed by atoms with Crippen molar-refractivity contribution in [3.8, 4) is 0 Å². The number of hydrogen-bond acceptors (Lipinski definition) is 5. The number of pyridine rings is 1. The van der Waals surface area contributed by atoms with Crippen molar-refractivity contribution in [3.63, 3.8) is 0 Å². The Kier molecular flexibility index (Phi) is 6.75. The lowest BCUT2D eigenvalue weighted by Gasteiger charge is -2.16. The number of unbranched alkanes of at least 4 members (excludes halogenated alkanes) is 1. The quantitative estimate of drug-likeness (QED) is 0.490. The number of aromatic nitrogens is 1. The Labute approximate surface area is 188 Å². The molecule has 1 aliphatic heterocycles. The second-order valence-corrected chi connectivity index (χ2v) is 9.65. The van der Waals surface area contributed by atoms with Gasteiger partial charge in [-0.15, -0.1) is 0 Å². The summed E-state index contributed by atoms with van der Waals surface area (Å²) in [5.74, 6) is -0.543. The Hall–Kier alpha value is -3.32. The third-order valence-corrected chi connectivity index (χ3v) is 7.48. The number of amides is 1. The molecule has 0 bridgehead atoms. The van der Waals surface area contributed by atoms with E-state index < -0.39 is 21.2 Å². The van der Waals surface area contributed by atoms with Crippen LogP contribution in [0, 0.1) is 0 Å². The number of carbonyl (C=O) groups excluding carboxylic acids is 1. The van der Waals surface area contributed by atoms with Crippen LogP contribution in [0.5, 0.6) is 0 Å². The molecule has 1 aliphatic rings. The van der Waals surface area contributed by atoms with Crippen LogP contribution in [0.4, 0.5) is 0 Å². The molecule has 1 amide bonds. The molecule has 4 rings (SSSR count). The number of rotatable bonds is 8. The van der Waals surface area contributed by atoms with E-state index >= 15 is 0 Å². The molecule has 164 valence electrons. The van der Waals surface area contributed by atoms with Crippen LogP contribution in [0.1, 0.15) is 34.8 Å². The summed E-state index contributed by atoms with van der Waals surface area (Å²) in [7, 11) is -3.93. The van der Waals surface area contributed by atoms with Gasteiger partial charge in [-0.05, 0) is 48.1 Å². The van der Waals surface area contributed by atoms with Crippen LogP contribution in [0.2, 0.25) is 0 Å². The summed E-state index contributed by atoms with van der Waals surface area (Å²) in [5, 5.41) is -1.08. The Balaban J connectivity index is 1.55. The van der Waals surface area contributed by atoms with E-state index in [4.69, 9.17) is 0 Å². The molecule has 1 fully saturated rings. The van der Waals surface area contributed by atoms with E-state index in [0.29, 0.717) is 17.7 Å². The molecule has 1 unspecified atom stereocenters. The molecule has 6 nitrogen and oxygen atoms in total. The molecule has 0 N–H and O–H groups in total. The van der Waals surface area contributed by atoms with E-state index in [1.165, 1.54) is 5.56 Å². The Morgan fingerprint density at radius 1 is 0.844 bits per heavy atom. The first kappa shape index (κ1) is 21.9. The van der Waals surface area contributed by atoms with E-state index in [2.05, 4.69) is 22.1 Å². The number of nitrogens with zero attached hydrogens (tertiary/aromatic N) is 3. The average molecular weight is 448 g/mol. The zero-order valence-electron chi connectivity index (χ0n) is 17.7. The number of hydrogen-bond donors (Lipinski definition) is 0. The van der Waals surface area contributed by atoms with E-state index in [-0.39, 0.29) is 12.3 Å². The van der Waals surface area contributed by atoms with Crippen molar-refractivity contribution in [1.82, 2.24) is 9.29 Å². The minimum Gasteiger partial charge on any atom is -0.282 e. The van der Waals surface area contributed by atoms with Crippen molar-refractivity contribution in [2.24, 2.45) is 4.99 Å². The molecule has 1 atom stereocenters. The maximum Gasteiger partial charge on any atom is 0.283 e. The van der Waals surface area contributed by atoms with Gasteiger partial charge in [0, 0.05) is 18.9 Å². The standard InChI is InChI=1S/C25H25N3O3S/c29-25-23(27-16-8-7-11-20-9-3-1-4-10-20)24(22-12-5-2-6-13-22)32(30,31)28(25)19-21-14-17-26-18-15-21/h1-6,9-10,12-15,17-18,24H,7-8,11,16,19H2. The van der Waals surface area contributed by atoms with Crippen LogP contribution in [-0.4, -0.2) is 35.9 Å². The van der Waals surface area contributed by atoms with E-state index in [1.807, 2.05) is 24.3 Å². The first-order chi connectivity index (χ1) is 15.6. The summed E-state index contributed by atoms with van der Waals surface area (Å²) in [5.41, 5.74) is 2.62. The normalized spacial score (nSPS) is 18.9. The van der Waals surface area contributed by atoms with Gasteiger partial charge in [0.2, 0.25) is 0 Å². The lowest BCUT2D eigenvalue weighted by Crippen LogP contribution is -2.30. The van der Waals surface area contributed by atoms with Crippen molar-refractivity contribution >= 4 is 21.6 Å². The number of carbonyl (C=O) groups is 1. The fourth-order valence-electron chi connectivity index (χ4n) is 3.83. The molecule has 1 aromatic heterocycles. The SMILES string of the molecule is O=C1C(=NCCCCc2ccccc2)C(c2ccccc2)S(=O)(=O)N1Cc1ccncc1. The minimum atomic E-state index is -3.93. The summed E-state index contributed by atoms with van der Waals surface area (Å²) in [6.07, 6.45) is 5.78. The summed E-state index contributed by atoms with van der Waals surface area (Å²) in [4.78, 5) is 21.7. The highest BCUT2D eigenvalue weighted by atomic mass is 32.2. The second-order valence-electron chi connectivity index (χ2n) is 7.71. The van der Waals surface area contributed by atoms with E-state index in [9.17, 15) is 13.2 Å². The number of sulfonamides is 1. The Morgan fingerprint density at radius 2 is 1.50 bits per heavy atom. The molecule has 2 heterocycles. The van der Waals surface area contributed by atoms with Gasteiger partial charge in [0.25, 0.3) is 15.9 Å². The second kappa shape index (κ2) is 9.87. The fourth-order valence-corrected chi connectivity index (χ4v) is 5.70. The van der Waals surface area contributed by atoms with Crippen molar-refractivity contribution in [2.45, 2.75) is 31.1 Å². The highest BCUT2D eigenvalue weighted by Gasteiger charge is 2.50. The third-order valence-electron chi connectivity index (χ3n) is 5.48. The van der Waals surface area contributed by atoms with Crippen LogP contribution in [0.15, 0.2) is 90.2 Å². The zero-order valence-corrected chi connectivity index (χ0v) is 18.5. The molecule has 3 aromatic rings. The Morgan fingerprint density at radius 3 is 2.19 bits per heavy atom. The van der Waals surface area contributed by atoms with Crippen LogP contribution in [0.3, 0.4) is 0 Å². The first-order valence-corrected chi connectivity index (χ1v) is 12.2. The number of aliphatic imine (C=N–C) groups is 1. The minimum absolute atomic E-state index is 0.0277. The molecular weight excluding hydrogens is 422 g/mol. The lowest BCUT2D eigenvalue weighted by molar-refractivity contribution is -0.119. The van der Waals surface area contributed by atoms with Crippen LogP contribution in [0.25, 0.3) is 0 Å². The molecule has 0 aliphatic carbocycles. The van der Waals surface area contributed by atoms with E-state index in [0.717, 1.165) is 23.6 Å². The van der Waals surface area contributed by atoms with Crippen molar-refractivity contribution in [2.75, 3.05) is 6.54 Å². The third kappa shape index (κ3) is 4.78. The summed E-state index contributed by atoms with van der Waals surface area (Å²) in [6, 6.07) is 22.4. The average Bonchev–Trinajstić information content (AvgIpc) is 3.00. The summed E-state index contributed by atoms with van der Waals surface area (Å²) >= 11 is 0. The predicted octanol–water partition coefficient (Wildman–Crippen LogP) is 3.96. The molecule has 2 aromatic carbocycles.